The van der Waals surface area contributed by atoms with Crippen molar-refractivity contribution in [3.8, 4) is 33.6 Å². The lowest BCUT2D eigenvalue weighted by atomic mass is 10.0. The molecule has 0 aliphatic rings. The lowest BCUT2D eigenvalue weighted by molar-refractivity contribution is 0.640. The Balaban J connectivity index is 1.07. The molecule has 0 saturated carbocycles. The van der Waals surface area contributed by atoms with Crippen LogP contribution in [0.1, 0.15) is 0 Å². The Kier molecular flexibility index (Phi) is 5.79. The maximum atomic E-state index is 6.15. The number of nitrogens with zero attached hydrogens (tertiary/aromatic N) is 7. The van der Waals surface area contributed by atoms with Gasteiger partial charge in [0.25, 0.3) is 0 Å². The Bertz CT molecular complexity index is 2930. The molecule has 0 radical (unpaired) electrons. The quantitative estimate of drug-likeness (QED) is 0.188. The minimum absolute atomic E-state index is 0.553. The third kappa shape index (κ3) is 4.17. The summed E-state index contributed by atoms with van der Waals surface area (Å²) >= 11 is 0. The van der Waals surface area contributed by atoms with Crippen LogP contribution in [0.5, 0.6) is 0 Å². The Labute approximate surface area is 289 Å². The summed E-state index contributed by atoms with van der Waals surface area (Å²) in [5.74, 6) is 0. The SMILES string of the molecule is c1ccc(-n2c3ccccc3c3ccc(-c4cnc5oc6ncc(-c7ccc8c9ncnnc9n(-c9ccccc9)c8c7)cc6c5c4)cc32)cc1. The average Bonchev–Trinajstić information content (AvgIpc) is 3.85. The highest BCUT2D eigenvalue weighted by Gasteiger charge is 2.18. The van der Waals surface area contributed by atoms with Crippen LogP contribution in [0.25, 0.3) is 99.7 Å². The average molecular weight is 656 g/mol. The van der Waals surface area contributed by atoms with Crippen molar-refractivity contribution < 1.29 is 4.42 Å². The van der Waals surface area contributed by atoms with Gasteiger partial charge in [-0.15, -0.1) is 10.2 Å². The van der Waals surface area contributed by atoms with Gasteiger partial charge in [0.05, 0.1) is 27.3 Å². The molecule has 51 heavy (non-hydrogen) atoms. The molecule has 6 heterocycles. The van der Waals surface area contributed by atoms with Gasteiger partial charge in [-0.2, -0.15) is 0 Å². The first kappa shape index (κ1) is 27.7. The van der Waals surface area contributed by atoms with Crippen molar-refractivity contribution in [3.05, 3.63) is 152 Å². The summed E-state index contributed by atoms with van der Waals surface area (Å²) in [6, 6.07) is 46.6. The second-order valence-electron chi connectivity index (χ2n) is 12.7. The Hall–Kier alpha value is -7.19. The highest BCUT2D eigenvalue weighted by atomic mass is 16.3. The van der Waals surface area contributed by atoms with E-state index in [1.807, 2.05) is 30.6 Å². The third-order valence-corrected chi connectivity index (χ3v) is 9.86. The van der Waals surface area contributed by atoms with Crippen molar-refractivity contribution >= 4 is 66.1 Å². The number of para-hydroxylation sites is 3. The van der Waals surface area contributed by atoms with E-state index in [1.165, 1.54) is 22.6 Å². The first-order valence-electron chi connectivity index (χ1n) is 16.7. The third-order valence-electron chi connectivity index (χ3n) is 9.86. The molecule has 0 unspecified atom stereocenters. The van der Waals surface area contributed by atoms with Crippen LogP contribution in [0.2, 0.25) is 0 Å². The Morgan fingerprint density at radius 2 is 1.00 bits per heavy atom. The second kappa shape index (κ2) is 10.7. The van der Waals surface area contributed by atoms with Crippen LogP contribution in [0, 0.1) is 0 Å². The summed E-state index contributed by atoms with van der Waals surface area (Å²) < 4.78 is 10.6. The summed E-state index contributed by atoms with van der Waals surface area (Å²) in [5.41, 5.74) is 12.1. The van der Waals surface area contributed by atoms with Gasteiger partial charge in [-0.1, -0.05) is 72.8 Å². The van der Waals surface area contributed by atoms with Gasteiger partial charge in [-0.25, -0.2) is 15.0 Å². The number of benzene rings is 5. The van der Waals surface area contributed by atoms with E-state index >= 15 is 0 Å². The molecule has 0 N–H and O–H groups in total. The normalized spacial score (nSPS) is 11.9. The minimum atomic E-state index is 0.553. The largest absolute Gasteiger partial charge is 0.419 e. The Morgan fingerprint density at radius 3 is 1.69 bits per heavy atom. The molecular formula is C43H25N7O. The molecule has 0 fully saturated rings. The van der Waals surface area contributed by atoms with E-state index in [4.69, 9.17) is 14.4 Å². The molecule has 0 aliphatic heterocycles. The minimum Gasteiger partial charge on any atom is -0.419 e. The molecule has 8 heteroatoms. The van der Waals surface area contributed by atoms with Gasteiger partial charge in [-0.05, 0) is 71.8 Å². The van der Waals surface area contributed by atoms with Crippen molar-refractivity contribution in [2.75, 3.05) is 0 Å². The van der Waals surface area contributed by atoms with Crippen LogP contribution in [-0.4, -0.2) is 34.3 Å². The van der Waals surface area contributed by atoms with Gasteiger partial charge >= 0.3 is 0 Å². The number of hydrogen-bond donors (Lipinski definition) is 0. The van der Waals surface area contributed by atoms with Crippen molar-refractivity contribution in [1.29, 1.82) is 0 Å². The van der Waals surface area contributed by atoms with E-state index in [1.54, 1.807) is 0 Å². The fraction of sp³-hybridized carbons (Fsp3) is 0. The van der Waals surface area contributed by atoms with E-state index < -0.39 is 0 Å². The van der Waals surface area contributed by atoms with Crippen molar-refractivity contribution in [3.63, 3.8) is 0 Å². The van der Waals surface area contributed by atoms with E-state index in [0.29, 0.717) is 17.1 Å². The molecule has 0 atom stereocenters. The molecule has 0 amide bonds. The van der Waals surface area contributed by atoms with Gasteiger partial charge in [0.15, 0.2) is 5.65 Å². The van der Waals surface area contributed by atoms with E-state index in [9.17, 15) is 0 Å². The van der Waals surface area contributed by atoms with Crippen LogP contribution < -0.4 is 0 Å². The van der Waals surface area contributed by atoms with Crippen LogP contribution in [-0.2, 0) is 0 Å². The molecule has 0 saturated heterocycles. The molecule has 8 nitrogen and oxygen atoms in total. The van der Waals surface area contributed by atoms with E-state index in [-0.39, 0.29) is 0 Å². The molecule has 6 aromatic heterocycles. The number of hydrogen-bond acceptors (Lipinski definition) is 6. The lowest BCUT2D eigenvalue weighted by Gasteiger charge is -2.09. The standard InChI is InChI=1S/C43H25N7O/c1-3-9-30(10-4-1)49-37-14-8-7-13-32(37)33-17-15-26(21-38(33)49)28-19-35-36-20-29(24-45-43(36)51-42(35)44-23-28)27-16-18-34-39(22-27)50(31-11-5-2-6-12-31)41-40(34)46-25-47-48-41/h1-25H. The van der Waals surface area contributed by atoms with Crippen molar-refractivity contribution in [2.45, 2.75) is 0 Å². The monoisotopic (exact) mass is 655 g/mol. The van der Waals surface area contributed by atoms with Gasteiger partial charge in [0.2, 0.25) is 11.4 Å². The smallest absolute Gasteiger partial charge is 0.229 e. The number of aromatic nitrogens is 7. The predicted octanol–water partition coefficient (Wildman–Crippen LogP) is 10.1. The van der Waals surface area contributed by atoms with Crippen molar-refractivity contribution in [1.82, 2.24) is 34.3 Å². The van der Waals surface area contributed by atoms with Crippen LogP contribution >= 0.6 is 0 Å². The summed E-state index contributed by atoms with van der Waals surface area (Å²) in [7, 11) is 0. The molecule has 11 aromatic rings. The Morgan fingerprint density at radius 1 is 0.431 bits per heavy atom. The maximum absolute atomic E-state index is 6.15. The number of rotatable bonds is 4. The summed E-state index contributed by atoms with van der Waals surface area (Å²) in [4.78, 5) is 14.1. The molecule has 0 aliphatic carbocycles. The number of pyridine rings is 2. The summed E-state index contributed by atoms with van der Waals surface area (Å²) in [6.07, 6.45) is 5.24. The van der Waals surface area contributed by atoms with Crippen LogP contribution in [0.4, 0.5) is 0 Å². The lowest BCUT2D eigenvalue weighted by Crippen LogP contribution is -1.96. The van der Waals surface area contributed by atoms with Gasteiger partial charge in [0.1, 0.15) is 11.8 Å². The molecule has 11 rings (SSSR count). The van der Waals surface area contributed by atoms with Crippen LogP contribution in [0.3, 0.4) is 0 Å². The van der Waals surface area contributed by atoms with E-state index in [2.05, 4.69) is 140 Å². The predicted molar refractivity (Wildman–Crippen MR) is 202 cm³/mol. The molecule has 238 valence electrons. The highest BCUT2D eigenvalue weighted by Crippen LogP contribution is 2.38. The fourth-order valence-corrected chi connectivity index (χ4v) is 7.52. The highest BCUT2D eigenvalue weighted by molar-refractivity contribution is 6.11. The summed E-state index contributed by atoms with van der Waals surface area (Å²) in [6.45, 7) is 0. The topological polar surface area (TPSA) is 87.4 Å². The van der Waals surface area contributed by atoms with Gasteiger partial charge < -0.3 is 8.98 Å². The van der Waals surface area contributed by atoms with Crippen LogP contribution in [0.15, 0.2) is 157 Å². The zero-order chi connectivity index (χ0) is 33.5. The number of furan rings is 1. The first-order chi connectivity index (χ1) is 25.3. The molecule has 0 bridgehead atoms. The van der Waals surface area contributed by atoms with Crippen molar-refractivity contribution in [2.24, 2.45) is 0 Å². The number of fused-ring (bicyclic) bond motifs is 9. The fourth-order valence-electron chi connectivity index (χ4n) is 7.52. The second-order valence-corrected chi connectivity index (χ2v) is 12.7. The zero-order valence-corrected chi connectivity index (χ0v) is 27.0. The maximum Gasteiger partial charge on any atom is 0.229 e. The molecule has 0 spiro atoms. The van der Waals surface area contributed by atoms with Gasteiger partial charge in [0, 0.05) is 51.1 Å². The zero-order valence-electron chi connectivity index (χ0n) is 27.0. The summed E-state index contributed by atoms with van der Waals surface area (Å²) in [5, 5.41) is 13.8. The van der Waals surface area contributed by atoms with E-state index in [0.717, 1.165) is 66.3 Å². The molecule has 5 aromatic carbocycles. The molecular weight excluding hydrogens is 631 g/mol. The van der Waals surface area contributed by atoms with Gasteiger partial charge in [-0.3, -0.25) is 4.57 Å². The first-order valence-corrected chi connectivity index (χ1v) is 16.7.